The number of hydrogen-bond acceptors (Lipinski definition) is 1. The van der Waals surface area contributed by atoms with Gasteiger partial charge in [0, 0.05) is 29.1 Å². The molecule has 18 heavy (non-hydrogen) atoms. The highest BCUT2D eigenvalue weighted by molar-refractivity contribution is 5.85. The maximum atomic E-state index is 9.43. The second-order valence-corrected chi connectivity index (χ2v) is 5.38. The van der Waals surface area contributed by atoms with Crippen LogP contribution in [0.2, 0.25) is 0 Å². The Morgan fingerprint density at radius 2 is 2.11 bits per heavy atom. The van der Waals surface area contributed by atoms with E-state index in [1.54, 1.807) is 0 Å². The Morgan fingerprint density at radius 3 is 2.89 bits per heavy atom. The molecule has 96 valence electrons. The first-order valence-electron chi connectivity index (χ1n) is 7.07. The molecule has 2 N–H and O–H groups in total. The Labute approximate surface area is 108 Å². The van der Waals surface area contributed by atoms with Gasteiger partial charge in [-0.3, -0.25) is 0 Å². The van der Waals surface area contributed by atoms with Crippen LogP contribution in [0.1, 0.15) is 48.9 Å². The van der Waals surface area contributed by atoms with Gasteiger partial charge in [-0.1, -0.05) is 13.0 Å². The summed E-state index contributed by atoms with van der Waals surface area (Å²) in [6, 6.07) is 6.64. The number of benzene rings is 1. The van der Waals surface area contributed by atoms with Crippen LogP contribution >= 0.6 is 0 Å². The van der Waals surface area contributed by atoms with Gasteiger partial charge in [-0.2, -0.15) is 0 Å². The van der Waals surface area contributed by atoms with E-state index in [9.17, 15) is 5.11 Å². The highest BCUT2D eigenvalue weighted by Crippen LogP contribution is 2.31. The molecule has 0 saturated heterocycles. The Balaban J connectivity index is 2.10. The number of aryl methyl sites for hydroxylation is 2. The molecule has 3 rings (SSSR count). The average molecular weight is 243 g/mol. The van der Waals surface area contributed by atoms with Gasteiger partial charge >= 0.3 is 0 Å². The molecular weight excluding hydrogens is 222 g/mol. The van der Waals surface area contributed by atoms with Crippen LogP contribution in [0.15, 0.2) is 18.2 Å². The predicted octanol–water partition coefficient (Wildman–Crippen LogP) is 3.53. The summed E-state index contributed by atoms with van der Waals surface area (Å²) in [5.41, 5.74) is 5.50. The van der Waals surface area contributed by atoms with Crippen LogP contribution < -0.4 is 0 Å². The highest BCUT2D eigenvalue weighted by atomic mass is 16.3. The number of aromatic amines is 1. The molecule has 1 heterocycles. The van der Waals surface area contributed by atoms with Gasteiger partial charge in [0.1, 0.15) is 0 Å². The Kier molecular flexibility index (Phi) is 3.13. The predicted molar refractivity (Wildman–Crippen MR) is 75.1 cm³/mol. The van der Waals surface area contributed by atoms with Gasteiger partial charge in [-0.25, -0.2) is 0 Å². The van der Waals surface area contributed by atoms with Crippen molar-refractivity contribution in [2.24, 2.45) is 0 Å². The van der Waals surface area contributed by atoms with E-state index >= 15 is 0 Å². The Hall–Kier alpha value is -1.28. The molecule has 1 aromatic carbocycles. The SMILES string of the molecule is CCC(CO)c1ccc2[nH]c3c(c2c1)CCCC3. The van der Waals surface area contributed by atoms with E-state index in [0.29, 0.717) is 0 Å². The normalized spacial score (nSPS) is 16.8. The lowest BCUT2D eigenvalue weighted by Gasteiger charge is -2.13. The maximum absolute atomic E-state index is 9.43. The fraction of sp³-hybridized carbons (Fsp3) is 0.500. The van der Waals surface area contributed by atoms with Crippen LogP contribution in [-0.2, 0) is 12.8 Å². The molecule has 0 aliphatic heterocycles. The van der Waals surface area contributed by atoms with Crippen molar-refractivity contribution >= 4 is 10.9 Å². The quantitative estimate of drug-likeness (QED) is 0.850. The van der Waals surface area contributed by atoms with Crippen molar-refractivity contribution in [1.29, 1.82) is 0 Å². The minimum atomic E-state index is 0.245. The number of rotatable bonds is 3. The first-order chi connectivity index (χ1) is 8.83. The van der Waals surface area contributed by atoms with Crippen molar-refractivity contribution in [3.8, 4) is 0 Å². The highest BCUT2D eigenvalue weighted by Gasteiger charge is 2.16. The van der Waals surface area contributed by atoms with Gasteiger partial charge in [0.15, 0.2) is 0 Å². The van der Waals surface area contributed by atoms with Crippen LogP contribution in [-0.4, -0.2) is 16.7 Å². The molecular formula is C16H21NO. The summed E-state index contributed by atoms with van der Waals surface area (Å²) in [6.07, 6.45) is 6.00. The van der Waals surface area contributed by atoms with Gasteiger partial charge < -0.3 is 10.1 Å². The molecule has 1 unspecified atom stereocenters. The van der Waals surface area contributed by atoms with Crippen molar-refractivity contribution in [3.63, 3.8) is 0 Å². The molecule has 1 atom stereocenters. The molecule has 1 aliphatic rings. The second kappa shape index (κ2) is 4.77. The van der Waals surface area contributed by atoms with Crippen molar-refractivity contribution < 1.29 is 5.11 Å². The summed E-state index contributed by atoms with van der Waals surface area (Å²) in [5.74, 6) is 0.281. The third-order valence-electron chi connectivity index (χ3n) is 4.31. The van der Waals surface area contributed by atoms with Crippen molar-refractivity contribution in [2.45, 2.75) is 44.9 Å². The third kappa shape index (κ3) is 1.85. The fourth-order valence-corrected chi connectivity index (χ4v) is 3.15. The number of fused-ring (bicyclic) bond motifs is 3. The number of aliphatic hydroxyl groups is 1. The number of hydrogen-bond donors (Lipinski definition) is 2. The van der Waals surface area contributed by atoms with Gasteiger partial charge in [-0.05, 0) is 55.4 Å². The Bertz CT molecular complexity index is 551. The van der Waals surface area contributed by atoms with Crippen molar-refractivity contribution in [2.75, 3.05) is 6.61 Å². The molecule has 0 spiro atoms. The topological polar surface area (TPSA) is 36.0 Å². The summed E-state index contributed by atoms with van der Waals surface area (Å²) < 4.78 is 0. The van der Waals surface area contributed by atoms with E-state index in [-0.39, 0.29) is 12.5 Å². The summed E-state index contributed by atoms with van der Waals surface area (Å²) in [7, 11) is 0. The minimum Gasteiger partial charge on any atom is -0.396 e. The van der Waals surface area contributed by atoms with Crippen molar-refractivity contribution in [3.05, 3.63) is 35.0 Å². The molecule has 2 nitrogen and oxygen atoms in total. The lowest BCUT2D eigenvalue weighted by Crippen LogP contribution is -2.02. The summed E-state index contributed by atoms with van der Waals surface area (Å²) in [6.45, 7) is 2.38. The van der Waals surface area contributed by atoms with E-state index in [1.165, 1.54) is 53.4 Å². The van der Waals surface area contributed by atoms with E-state index < -0.39 is 0 Å². The number of aliphatic hydroxyl groups excluding tert-OH is 1. The molecule has 2 heteroatoms. The van der Waals surface area contributed by atoms with Gasteiger partial charge in [-0.15, -0.1) is 0 Å². The van der Waals surface area contributed by atoms with E-state index in [2.05, 4.69) is 30.1 Å². The van der Waals surface area contributed by atoms with E-state index in [1.807, 2.05) is 0 Å². The summed E-state index contributed by atoms with van der Waals surface area (Å²) >= 11 is 0. The molecule has 1 aromatic heterocycles. The lowest BCUT2D eigenvalue weighted by molar-refractivity contribution is 0.262. The van der Waals surface area contributed by atoms with Crippen LogP contribution in [0.25, 0.3) is 10.9 Å². The third-order valence-corrected chi connectivity index (χ3v) is 4.31. The molecule has 0 saturated carbocycles. The number of nitrogens with one attached hydrogen (secondary N) is 1. The van der Waals surface area contributed by atoms with Crippen molar-refractivity contribution in [1.82, 2.24) is 4.98 Å². The average Bonchev–Trinajstić information content (AvgIpc) is 2.78. The zero-order valence-corrected chi connectivity index (χ0v) is 11.0. The Morgan fingerprint density at radius 1 is 1.28 bits per heavy atom. The fourth-order valence-electron chi connectivity index (χ4n) is 3.15. The van der Waals surface area contributed by atoms with Crippen LogP contribution in [0, 0.1) is 0 Å². The van der Waals surface area contributed by atoms with Crippen LogP contribution in [0.4, 0.5) is 0 Å². The van der Waals surface area contributed by atoms with Gasteiger partial charge in [0.05, 0.1) is 0 Å². The summed E-state index contributed by atoms with van der Waals surface area (Å²) in [4.78, 5) is 3.56. The zero-order valence-electron chi connectivity index (χ0n) is 11.0. The maximum Gasteiger partial charge on any atom is 0.0499 e. The molecule has 2 aromatic rings. The first-order valence-corrected chi connectivity index (χ1v) is 7.07. The minimum absolute atomic E-state index is 0.245. The zero-order chi connectivity index (χ0) is 12.5. The van der Waals surface area contributed by atoms with E-state index in [0.717, 1.165) is 6.42 Å². The van der Waals surface area contributed by atoms with E-state index in [4.69, 9.17) is 0 Å². The number of aromatic nitrogens is 1. The molecule has 0 radical (unpaired) electrons. The first kappa shape index (κ1) is 11.8. The second-order valence-electron chi connectivity index (χ2n) is 5.38. The molecule has 0 bridgehead atoms. The smallest absolute Gasteiger partial charge is 0.0499 e. The van der Waals surface area contributed by atoms with Gasteiger partial charge in [0.2, 0.25) is 0 Å². The standard InChI is InChI=1S/C16H21NO/c1-2-11(10-18)12-7-8-16-14(9-12)13-5-3-4-6-15(13)17-16/h7-9,11,17-18H,2-6,10H2,1H3. The monoisotopic (exact) mass is 243 g/mol. The van der Waals surface area contributed by atoms with Crippen LogP contribution in [0.5, 0.6) is 0 Å². The lowest BCUT2D eigenvalue weighted by atomic mass is 9.92. The molecule has 0 amide bonds. The van der Waals surface area contributed by atoms with Crippen LogP contribution in [0.3, 0.4) is 0 Å². The summed E-state index contributed by atoms with van der Waals surface area (Å²) in [5, 5.41) is 10.8. The van der Waals surface area contributed by atoms with Gasteiger partial charge in [0.25, 0.3) is 0 Å². The molecule has 0 fully saturated rings. The molecule has 1 aliphatic carbocycles. The number of H-pyrrole nitrogens is 1. The largest absolute Gasteiger partial charge is 0.396 e.